The van der Waals surface area contributed by atoms with Crippen molar-refractivity contribution in [1.82, 2.24) is 4.90 Å². The fraction of sp³-hybridized carbons (Fsp3) is 0.333. The topological polar surface area (TPSA) is 60.0 Å². The van der Waals surface area contributed by atoms with Crippen LogP contribution in [0.3, 0.4) is 0 Å². The van der Waals surface area contributed by atoms with Crippen LogP contribution < -0.4 is 0 Å². The fourth-order valence-electron chi connectivity index (χ4n) is 4.62. The number of nitrogens with zero attached hydrogens (tertiary/aromatic N) is 3. The molecule has 3 heterocycles. The maximum Gasteiger partial charge on any atom is 0.137 e. The van der Waals surface area contributed by atoms with Crippen LogP contribution in [0.2, 0.25) is 0 Å². The first-order valence-electron chi connectivity index (χ1n) is 9.82. The molecule has 1 unspecified atom stereocenters. The Morgan fingerprint density at radius 1 is 1.18 bits per heavy atom. The minimum atomic E-state index is 0.0440. The first-order valence-corrected chi connectivity index (χ1v) is 9.82. The van der Waals surface area contributed by atoms with Crippen molar-refractivity contribution < 1.29 is 4.74 Å². The maximum atomic E-state index is 9.15. The number of hydrogen-bond acceptors (Lipinski definition) is 4. The summed E-state index contributed by atoms with van der Waals surface area (Å²) in [5, 5.41) is 18.3. The third-order valence-electron chi connectivity index (χ3n) is 5.85. The van der Waals surface area contributed by atoms with Gasteiger partial charge < -0.3 is 4.74 Å². The van der Waals surface area contributed by atoms with Crippen LogP contribution in [-0.2, 0) is 4.74 Å². The monoisotopic (exact) mass is 369 g/mol. The molecule has 4 nitrogen and oxygen atoms in total. The van der Waals surface area contributed by atoms with E-state index in [1.54, 1.807) is 12.2 Å². The maximum absolute atomic E-state index is 9.15. The van der Waals surface area contributed by atoms with Gasteiger partial charge in [-0.05, 0) is 68.5 Å². The molecule has 1 saturated heterocycles. The summed E-state index contributed by atoms with van der Waals surface area (Å²) in [6.45, 7) is 4.12. The molecule has 0 N–H and O–H groups in total. The fourth-order valence-corrected chi connectivity index (χ4v) is 4.62. The van der Waals surface area contributed by atoms with Crippen LogP contribution in [0.15, 0.2) is 82.4 Å². The normalized spacial score (nSPS) is 26.6. The van der Waals surface area contributed by atoms with Crippen molar-refractivity contribution in [1.29, 1.82) is 10.5 Å². The Hall–Kier alpha value is -3.08. The molecule has 28 heavy (non-hydrogen) atoms. The summed E-state index contributed by atoms with van der Waals surface area (Å²) in [4.78, 5) is 2.62. The van der Waals surface area contributed by atoms with Gasteiger partial charge in [0.05, 0.1) is 5.54 Å². The van der Waals surface area contributed by atoms with Crippen LogP contribution in [-0.4, -0.2) is 23.5 Å². The third kappa shape index (κ3) is 3.17. The van der Waals surface area contributed by atoms with E-state index in [-0.39, 0.29) is 11.1 Å². The van der Waals surface area contributed by atoms with Crippen LogP contribution >= 0.6 is 0 Å². The van der Waals surface area contributed by atoms with E-state index < -0.39 is 0 Å². The van der Waals surface area contributed by atoms with Crippen LogP contribution in [0.5, 0.6) is 0 Å². The van der Waals surface area contributed by atoms with Crippen LogP contribution in [0.4, 0.5) is 0 Å². The van der Waals surface area contributed by atoms with E-state index in [1.165, 1.54) is 30.4 Å². The summed E-state index contributed by atoms with van der Waals surface area (Å²) in [6.07, 6.45) is 21.4. The zero-order chi connectivity index (χ0) is 19.6. The molecule has 3 aliphatic heterocycles. The molecule has 0 bridgehead atoms. The second-order valence-electron chi connectivity index (χ2n) is 7.55. The Morgan fingerprint density at radius 2 is 2.04 bits per heavy atom. The smallest absolute Gasteiger partial charge is 0.137 e. The van der Waals surface area contributed by atoms with Crippen molar-refractivity contribution in [3.8, 4) is 12.1 Å². The van der Waals surface area contributed by atoms with Crippen molar-refractivity contribution >= 4 is 0 Å². The molecule has 0 aromatic carbocycles. The summed E-state index contributed by atoms with van der Waals surface area (Å²) in [5.74, 6) is 1.31. The van der Waals surface area contributed by atoms with Crippen molar-refractivity contribution in [3.63, 3.8) is 0 Å². The SMILES string of the molecule is CC1=CC(=C(C#N)C#N)C=C(/C=C/C2=CC=CC34CCCCN3CCC=C24)O1. The second-order valence-corrected chi connectivity index (χ2v) is 7.55. The van der Waals surface area contributed by atoms with Crippen molar-refractivity contribution in [3.05, 3.63) is 82.4 Å². The van der Waals surface area contributed by atoms with Gasteiger partial charge in [0, 0.05) is 12.1 Å². The van der Waals surface area contributed by atoms with E-state index in [0.717, 1.165) is 19.5 Å². The Balaban J connectivity index is 1.64. The highest BCUT2D eigenvalue weighted by atomic mass is 16.5. The molecule has 0 saturated carbocycles. The van der Waals surface area contributed by atoms with Crippen molar-refractivity contribution in [2.24, 2.45) is 0 Å². The predicted molar refractivity (Wildman–Crippen MR) is 108 cm³/mol. The Morgan fingerprint density at radius 3 is 2.86 bits per heavy atom. The van der Waals surface area contributed by atoms with Crippen molar-refractivity contribution in [2.45, 2.75) is 38.1 Å². The molecule has 1 atom stereocenters. The van der Waals surface area contributed by atoms with Gasteiger partial charge in [-0.1, -0.05) is 30.4 Å². The largest absolute Gasteiger partial charge is 0.462 e. The van der Waals surface area contributed by atoms with Gasteiger partial charge in [-0.3, -0.25) is 4.90 Å². The standard InChI is InChI=1S/C24H23N3O/c1-18-14-20(21(16-25)17-26)15-22(28-18)9-8-19-6-4-11-24-10-2-3-12-27(24)13-5-7-23(19)24/h4,6-9,11,14-15H,2-3,5,10,12-13H2,1H3/b9-8+. The first kappa shape index (κ1) is 18.3. The lowest BCUT2D eigenvalue weighted by Gasteiger charge is -2.50. The lowest BCUT2D eigenvalue weighted by Crippen LogP contribution is -2.54. The summed E-state index contributed by atoms with van der Waals surface area (Å²) < 4.78 is 5.80. The van der Waals surface area contributed by atoms with Crippen molar-refractivity contribution in [2.75, 3.05) is 13.1 Å². The minimum absolute atomic E-state index is 0.0440. The van der Waals surface area contributed by atoms with E-state index >= 15 is 0 Å². The highest BCUT2D eigenvalue weighted by Crippen LogP contribution is 2.44. The zero-order valence-electron chi connectivity index (χ0n) is 16.1. The lowest BCUT2D eigenvalue weighted by atomic mass is 9.72. The molecule has 0 aromatic heterocycles. The van der Waals surface area contributed by atoms with E-state index in [1.807, 2.05) is 25.1 Å². The van der Waals surface area contributed by atoms with E-state index in [4.69, 9.17) is 15.3 Å². The quantitative estimate of drug-likeness (QED) is 0.659. The van der Waals surface area contributed by atoms with Gasteiger partial charge in [-0.15, -0.1) is 0 Å². The summed E-state index contributed by atoms with van der Waals surface area (Å²) in [5.41, 5.74) is 3.34. The Bertz CT molecular complexity index is 972. The molecule has 0 amide bonds. The zero-order valence-corrected chi connectivity index (χ0v) is 16.1. The summed E-state index contributed by atoms with van der Waals surface area (Å²) in [6, 6.07) is 3.90. The molecular formula is C24H23N3O. The predicted octanol–water partition coefficient (Wildman–Crippen LogP) is 4.76. The highest BCUT2D eigenvalue weighted by molar-refractivity contribution is 5.57. The minimum Gasteiger partial charge on any atom is -0.462 e. The van der Waals surface area contributed by atoms with Gasteiger partial charge in [0.1, 0.15) is 29.2 Å². The molecule has 0 radical (unpaired) electrons. The van der Waals surface area contributed by atoms with E-state index in [0.29, 0.717) is 17.1 Å². The Labute approximate surface area is 166 Å². The number of allylic oxidation sites excluding steroid dienone is 9. The molecule has 0 aromatic rings. The molecule has 4 rings (SSSR count). The van der Waals surface area contributed by atoms with Gasteiger partial charge in [0.15, 0.2) is 0 Å². The van der Waals surface area contributed by atoms with Gasteiger partial charge >= 0.3 is 0 Å². The van der Waals surface area contributed by atoms with Gasteiger partial charge in [0.25, 0.3) is 0 Å². The average Bonchev–Trinajstić information content (AvgIpc) is 2.71. The van der Waals surface area contributed by atoms with Crippen LogP contribution in [0.1, 0.15) is 32.6 Å². The molecular weight excluding hydrogens is 346 g/mol. The number of rotatable bonds is 2. The van der Waals surface area contributed by atoms with E-state index in [9.17, 15) is 0 Å². The molecule has 1 spiro atoms. The molecule has 140 valence electrons. The molecule has 1 aliphatic carbocycles. The van der Waals surface area contributed by atoms with Gasteiger partial charge in [-0.2, -0.15) is 10.5 Å². The average molecular weight is 369 g/mol. The number of ether oxygens (including phenoxy) is 1. The molecule has 4 aliphatic rings. The molecule has 4 heteroatoms. The number of hydrogen-bond donors (Lipinski definition) is 0. The summed E-state index contributed by atoms with van der Waals surface area (Å²) >= 11 is 0. The summed E-state index contributed by atoms with van der Waals surface area (Å²) in [7, 11) is 0. The number of nitriles is 2. The Kier molecular flexibility index (Phi) is 4.90. The first-order chi connectivity index (χ1) is 13.7. The second kappa shape index (κ2) is 7.50. The lowest BCUT2D eigenvalue weighted by molar-refractivity contribution is 0.109. The van der Waals surface area contributed by atoms with Crippen LogP contribution in [0, 0.1) is 22.7 Å². The third-order valence-corrected chi connectivity index (χ3v) is 5.85. The molecule has 1 fully saturated rings. The highest BCUT2D eigenvalue weighted by Gasteiger charge is 2.42. The number of piperidine rings is 1. The van der Waals surface area contributed by atoms with Gasteiger partial charge in [-0.25, -0.2) is 0 Å². The van der Waals surface area contributed by atoms with Gasteiger partial charge in [0.2, 0.25) is 0 Å². The van der Waals surface area contributed by atoms with E-state index in [2.05, 4.69) is 35.3 Å². The van der Waals surface area contributed by atoms with Crippen LogP contribution in [0.25, 0.3) is 0 Å².